The SMILES string of the molecule is CCCCCCCCOC(CCC(=O)OCCCCCCCBr)OCCCCCCCC. The maximum Gasteiger partial charge on any atom is 0.305 e. The van der Waals surface area contributed by atoms with Gasteiger partial charge in [-0.3, -0.25) is 4.79 Å². The molecule has 32 heavy (non-hydrogen) atoms. The third-order valence-corrected chi connectivity index (χ3v) is 6.29. The second kappa shape index (κ2) is 27.1. The lowest BCUT2D eigenvalue weighted by atomic mass is 10.1. The molecular weight excluding hydrogens is 468 g/mol. The zero-order valence-electron chi connectivity index (χ0n) is 21.4. The van der Waals surface area contributed by atoms with Crippen LogP contribution in [0.5, 0.6) is 0 Å². The van der Waals surface area contributed by atoms with Crippen molar-refractivity contribution in [1.82, 2.24) is 0 Å². The normalized spacial score (nSPS) is 11.4. The van der Waals surface area contributed by atoms with Gasteiger partial charge in [-0.05, 0) is 25.7 Å². The summed E-state index contributed by atoms with van der Waals surface area (Å²) in [5.74, 6) is -0.123. The van der Waals surface area contributed by atoms with E-state index in [2.05, 4.69) is 29.8 Å². The van der Waals surface area contributed by atoms with E-state index in [1.54, 1.807) is 0 Å². The van der Waals surface area contributed by atoms with E-state index in [0.29, 0.717) is 19.4 Å². The maximum atomic E-state index is 12.1. The predicted molar refractivity (Wildman–Crippen MR) is 140 cm³/mol. The van der Waals surface area contributed by atoms with E-state index < -0.39 is 0 Å². The number of hydrogen-bond acceptors (Lipinski definition) is 4. The van der Waals surface area contributed by atoms with Gasteiger partial charge in [0.15, 0.2) is 6.29 Å². The smallest absolute Gasteiger partial charge is 0.305 e. The Labute approximate surface area is 208 Å². The van der Waals surface area contributed by atoms with Crippen LogP contribution in [0, 0.1) is 0 Å². The van der Waals surface area contributed by atoms with Crippen LogP contribution in [0.4, 0.5) is 0 Å². The summed E-state index contributed by atoms with van der Waals surface area (Å²) in [6.07, 6.45) is 21.4. The molecule has 0 aromatic rings. The highest BCUT2D eigenvalue weighted by molar-refractivity contribution is 9.09. The summed E-state index contributed by atoms with van der Waals surface area (Å²) in [7, 11) is 0. The largest absolute Gasteiger partial charge is 0.466 e. The lowest BCUT2D eigenvalue weighted by molar-refractivity contribution is -0.159. The molecule has 0 fully saturated rings. The van der Waals surface area contributed by atoms with Crippen LogP contribution in [-0.4, -0.2) is 37.4 Å². The highest BCUT2D eigenvalue weighted by Crippen LogP contribution is 2.12. The predicted octanol–water partition coefficient (Wildman–Crippen LogP) is 8.74. The zero-order chi connectivity index (χ0) is 23.5. The number of alkyl halides is 1. The molecule has 0 amide bonds. The lowest BCUT2D eigenvalue weighted by Crippen LogP contribution is -2.21. The summed E-state index contributed by atoms with van der Waals surface area (Å²) in [4.78, 5) is 12.1. The molecular formula is C27H53BrO4. The number of esters is 1. The Bertz CT molecular complexity index is 361. The number of halogens is 1. The van der Waals surface area contributed by atoms with Gasteiger partial charge in [0, 0.05) is 25.0 Å². The molecule has 0 spiro atoms. The zero-order valence-corrected chi connectivity index (χ0v) is 22.9. The minimum absolute atomic E-state index is 0.123. The topological polar surface area (TPSA) is 44.8 Å². The van der Waals surface area contributed by atoms with E-state index in [4.69, 9.17) is 14.2 Å². The summed E-state index contributed by atoms with van der Waals surface area (Å²) < 4.78 is 17.4. The Morgan fingerprint density at radius 3 is 1.56 bits per heavy atom. The summed E-state index contributed by atoms with van der Waals surface area (Å²) >= 11 is 3.45. The molecule has 0 atom stereocenters. The molecule has 0 aliphatic carbocycles. The monoisotopic (exact) mass is 520 g/mol. The number of rotatable bonds is 26. The average Bonchev–Trinajstić information content (AvgIpc) is 2.80. The number of carbonyl (C=O) groups is 1. The molecule has 0 bridgehead atoms. The van der Waals surface area contributed by atoms with Gasteiger partial charge in [0.1, 0.15) is 0 Å². The first-order valence-electron chi connectivity index (χ1n) is 13.7. The molecule has 0 aliphatic rings. The molecule has 192 valence electrons. The van der Waals surface area contributed by atoms with Gasteiger partial charge in [-0.1, -0.05) is 113 Å². The van der Waals surface area contributed by atoms with Crippen LogP contribution in [0.1, 0.15) is 136 Å². The Kier molecular flexibility index (Phi) is 27.0. The van der Waals surface area contributed by atoms with Gasteiger partial charge in [-0.15, -0.1) is 0 Å². The number of ether oxygens (including phenoxy) is 3. The van der Waals surface area contributed by atoms with Crippen LogP contribution >= 0.6 is 15.9 Å². The highest BCUT2D eigenvalue weighted by atomic mass is 79.9. The van der Waals surface area contributed by atoms with Crippen molar-refractivity contribution >= 4 is 21.9 Å². The Morgan fingerprint density at radius 2 is 1.06 bits per heavy atom. The van der Waals surface area contributed by atoms with Gasteiger partial charge < -0.3 is 14.2 Å². The summed E-state index contributed by atoms with van der Waals surface area (Å²) in [6.45, 7) is 6.46. The molecule has 0 aromatic carbocycles. The molecule has 0 rings (SSSR count). The van der Waals surface area contributed by atoms with E-state index in [0.717, 1.165) is 44.2 Å². The average molecular weight is 522 g/mol. The van der Waals surface area contributed by atoms with Gasteiger partial charge in [-0.2, -0.15) is 0 Å². The fourth-order valence-electron chi connectivity index (χ4n) is 3.63. The van der Waals surface area contributed by atoms with Crippen LogP contribution in [0.2, 0.25) is 0 Å². The highest BCUT2D eigenvalue weighted by Gasteiger charge is 2.13. The maximum absolute atomic E-state index is 12.1. The minimum Gasteiger partial charge on any atom is -0.466 e. The third kappa shape index (κ3) is 24.5. The van der Waals surface area contributed by atoms with Gasteiger partial charge >= 0.3 is 5.97 Å². The molecule has 0 radical (unpaired) electrons. The molecule has 5 heteroatoms. The molecule has 0 heterocycles. The second-order valence-corrected chi connectivity index (χ2v) is 9.72. The van der Waals surface area contributed by atoms with Crippen molar-refractivity contribution in [1.29, 1.82) is 0 Å². The van der Waals surface area contributed by atoms with Crippen molar-refractivity contribution in [2.24, 2.45) is 0 Å². The third-order valence-electron chi connectivity index (χ3n) is 5.73. The van der Waals surface area contributed by atoms with Gasteiger partial charge in [0.25, 0.3) is 0 Å². The molecule has 0 unspecified atom stereocenters. The van der Waals surface area contributed by atoms with Crippen molar-refractivity contribution in [3.63, 3.8) is 0 Å². The van der Waals surface area contributed by atoms with Crippen LogP contribution in [-0.2, 0) is 19.0 Å². The molecule has 0 aromatic heterocycles. The van der Waals surface area contributed by atoms with Crippen LogP contribution in [0.3, 0.4) is 0 Å². The Morgan fingerprint density at radius 1 is 0.625 bits per heavy atom. The summed E-state index contributed by atoms with van der Waals surface area (Å²) in [5, 5.41) is 1.07. The first-order valence-corrected chi connectivity index (χ1v) is 14.8. The second-order valence-electron chi connectivity index (χ2n) is 8.92. The van der Waals surface area contributed by atoms with Crippen molar-refractivity contribution in [3.05, 3.63) is 0 Å². The fourth-order valence-corrected chi connectivity index (χ4v) is 4.03. The molecule has 4 nitrogen and oxygen atoms in total. The standard InChI is InChI=1S/C27H53BrO4/c1-3-5-7-9-13-18-24-31-27(32-25-19-14-10-8-6-4-2)21-20-26(29)30-23-17-15-11-12-16-22-28/h27H,3-25H2,1-2H3. The number of hydrogen-bond donors (Lipinski definition) is 0. The van der Waals surface area contributed by atoms with Crippen molar-refractivity contribution in [3.8, 4) is 0 Å². The van der Waals surface area contributed by atoms with E-state index in [-0.39, 0.29) is 12.3 Å². The van der Waals surface area contributed by atoms with Crippen LogP contribution in [0.15, 0.2) is 0 Å². The Hall–Kier alpha value is -0.130. The van der Waals surface area contributed by atoms with Crippen molar-refractivity contribution < 1.29 is 19.0 Å². The lowest BCUT2D eigenvalue weighted by Gasteiger charge is -2.18. The quantitative estimate of drug-likeness (QED) is 0.0494. The molecule has 0 saturated carbocycles. The first kappa shape index (κ1) is 31.9. The van der Waals surface area contributed by atoms with E-state index in [9.17, 15) is 4.79 Å². The molecule has 0 N–H and O–H groups in total. The Balaban J connectivity index is 3.98. The van der Waals surface area contributed by atoms with Gasteiger partial charge in [0.05, 0.1) is 13.0 Å². The summed E-state index contributed by atoms with van der Waals surface area (Å²) in [5.41, 5.74) is 0. The van der Waals surface area contributed by atoms with Gasteiger partial charge in [-0.25, -0.2) is 0 Å². The van der Waals surface area contributed by atoms with Gasteiger partial charge in [0.2, 0.25) is 0 Å². The van der Waals surface area contributed by atoms with Crippen molar-refractivity contribution in [2.45, 2.75) is 142 Å². The minimum atomic E-state index is -0.280. The van der Waals surface area contributed by atoms with Crippen molar-refractivity contribution in [2.75, 3.05) is 25.2 Å². The summed E-state index contributed by atoms with van der Waals surface area (Å²) in [6, 6.07) is 0. The number of unbranched alkanes of at least 4 members (excludes halogenated alkanes) is 14. The number of carbonyl (C=O) groups excluding carboxylic acids is 1. The van der Waals surface area contributed by atoms with Crippen LogP contribution < -0.4 is 0 Å². The van der Waals surface area contributed by atoms with E-state index >= 15 is 0 Å². The first-order chi connectivity index (χ1) is 15.7. The molecule has 0 saturated heterocycles. The molecule has 0 aliphatic heterocycles. The van der Waals surface area contributed by atoms with E-state index in [1.807, 2.05) is 0 Å². The fraction of sp³-hybridized carbons (Fsp3) is 0.963. The van der Waals surface area contributed by atoms with Crippen LogP contribution in [0.25, 0.3) is 0 Å². The van der Waals surface area contributed by atoms with E-state index in [1.165, 1.54) is 83.5 Å².